The summed E-state index contributed by atoms with van der Waals surface area (Å²) >= 11 is 4.33. The normalized spacial score (nSPS) is 11.6. The molecular weight excluding hydrogens is 331 g/mol. The van der Waals surface area contributed by atoms with Crippen LogP contribution in [0.5, 0.6) is 0 Å². The van der Waals surface area contributed by atoms with Gasteiger partial charge in [-0.05, 0) is 34.5 Å². The third kappa shape index (κ3) is 4.97. The van der Waals surface area contributed by atoms with E-state index in [9.17, 15) is 18.0 Å². The highest BCUT2D eigenvalue weighted by Crippen LogP contribution is 2.25. The van der Waals surface area contributed by atoms with Crippen LogP contribution in [0.1, 0.15) is 29.4 Å². The van der Waals surface area contributed by atoms with E-state index in [0.717, 1.165) is 26.4 Å². The molecule has 2 nitrogen and oxygen atoms in total. The molecule has 1 amide bonds. The Balaban J connectivity index is 2.78. The molecule has 0 N–H and O–H groups in total. The summed E-state index contributed by atoms with van der Waals surface area (Å²) in [6.07, 6.45) is -3.05. The second-order valence-electron chi connectivity index (χ2n) is 3.80. The second kappa shape index (κ2) is 6.56. The summed E-state index contributed by atoms with van der Waals surface area (Å²) in [5.41, 5.74) is 0. The van der Waals surface area contributed by atoms with Gasteiger partial charge in [0.2, 0.25) is 0 Å². The number of rotatable bonds is 5. The number of alkyl halides is 3. The molecule has 0 saturated carbocycles. The van der Waals surface area contributed by atoms with Crippen molar-refractivity contribution in [3.8, 4) is 0 Å². The largest absolute Gasteiger partial charge is 0.406 e. The van der Waals surface area contributed by atoms with Crippen molar-refractivity contribution < 1.29 is 18.0 Å². The topological polar surface area (TPSA) is 20.3 Å². The van der Waals surface area contributed by atoms with E-state index in [1.54, 1.807) is 6.07 Å². The maximum absolute atomic E-state index is 12.4. The molecule has 18 heavy (non-hydrogen) atoms. The van der Waals surface area contributed by atoms with E-state index in [0.29, 0.717) is 11.3 Å². The third-order valence-corrected chi connectivity index (χ3v) is 3.83. The Kier molecular flexibility index (Phi) is 5.65. The molecule has 0 aliphatic carbocycles. The smallest absolute Gasteiger partial charge is 0.329 e. The lowest BCUT2D eigenvalue weighted by molar-refractivity contribution is -0.140. The van der Waals surface area contributed by atoms with Crippen LogP contribution >= 0.6 is 27.3 Å². The van der Waals surface area contributed by atoms with Gasteiger partial charge in [0.25, 0.3) is 5.91 Å². The molecule has 1 aromatic heterocycles. The molecule has 0 spiro atoms. The van der Waals surface area contributed by atoms with Crippen LogP contribution in [0.3, 0.4) is 0 Å². The number of carbonyl (C=O) groups is 1. The Bertz CT molecular complexity index is 405. The van der Waals surface area contributed by atoms with Crippen LogP contribution in [-0.4, -0.2) is 30.1 Å². The first-order valence-electron chi connectivity index (χ1n) is 5.45. The fourth-order valence-electron chi connectivity index (χ4n) is 1.40. The summed E-state index contributed by atoms with van der Waals surface area (Å²) in [7, 11) is 0. The second-order valence-corrected chi connectivity index (χ2v) is 6.26. The zero-order chi connectivity index (χ0) is 13.8. The Labute approximate surface area is 116 Å². The molecule has 7 heteroatoms. The van der Waals surface area contributed by atoms with Crippen LogP contribution in [0, 0.1) is 0 Å². The SMILES string of the molecule is CCCCN(CC(F)(F)F)C(=O)c1ccc(Br)s1. The molecule has 0 atom stereocenters. The molecule has 1 heterocycles. The quantitative estimate of drug-likeness (QED) is 0.779. The average molecular weight is 344 g/mol. The van der Waals surface area contributed by atoms with E-state index in [1.807, 2.05) is 6.92 Å². The van der Waals surface area contributed by atoms with Crippen molar-refractivity contribution in [2.24, 2.45) is 0 Å². The number of carbonyl (C=O) groups excluding carboxylic acids is 1. The molecule has 0 aromatic carbocycles. The van der Waals surface area contributed by atoms with Crippen LogP contribution in [0.25, 0.3) is 0 Å². The van der Waals surface area contributed by atoms with Crippen LogP contribution < -0.4 is 0 Å². The van der Waals surface area contributed by atoms with E-state index in [1.165, 1.54) is 6.07 Å². The van der Waals surface area contributed by atoms with Gasteiger partial charge in [-0.25, -0.2) is 0 Å². The Hall–Kier alpha value is -0.560. The van der Waals surface area contributed by atoms with Crippen LogP contribution in [0.15, 0.2) is 15.9 Å². The lowest BCUT2D eigenvalue weighted by Gasteiger charge is -2.23. The van der Waals surface area contributed by atoms with Crippen LogP contribution in [-0.2, 0) is 0 Å². The van der Waals surface area contributed by atoms with Crippen molar-refractivity contribution in [1.82, 2.24) is 4.90 Å². The van der Waals surface area contributed by atoms with E-state index in [4.69, 9.17) is 0 Å². The molecule has 0 aliphatic rings. The lowest BCUT2D eigenvalue weighted by atomic mass is 10.3. The van der Waals surface area contributed by atoms with Gasteiger partial charge in [-0.1, -0.05) is 13.3 Å². The van der Waals surface area contributed by atoms with Gasteiger partial charge in [-0.15, -0.1) is 11.3 Å². The number of hydrogen-bond acceptors (Lipinski definition) is 2. The standard InChI is InChI=1S/C11H13BrF3NOS/c1-2-3-6-16(7-11(13,14)15)10(17)8-4-5-9(12)18-8/h4-5H,2-3,6-7H2,1H3. The molecule has 1 rings (SSSR count). The minimum Gasteiger partial charge on any atom is -0.329 e. The molecule has 102 valence electrons. The Morgan fingerprint density at radius 3 is 2.56 bits per heavy atom. The summed E-state index contributed by atoms with van der Waals surface area (Å²) in [6, 6.07) is 3.19. The summed E-state index contributed by atoms with van der Waals surface area (Å²) in [6.45, 7) is 0.809. The summed E-state index contributed by atoms with van der Waals surface area (Å²) in [4.78, 5) is 13.1. The molecular formula is C11H13BrF3NOS. The van der Waals surface area contributed by atoms with Crippen molar-refractivity contribution in [2.75, 3.05) is 13.1 Å². The Morgan fingerprint density at radius 2 is 2.11 bits per heavy atom. The van der Waals surface area contributed by atoms with Gasteiger partial charge in [0.1, 0.15) is 6.54 Å². The fourth-order valence-corrected chi connectivity index (χ4v) is 2.76. The molecule has 0 radical (unpaired) electrons. The molecule has 0 aliphatic heterocycles. The zero-order valence-corrected chi connectivity index (χ0v) is 12.2. The predicted molar refractivity (Wildman–Crippen MR) is 68.9 cm³/mol. The number of hydrogen-bond donors (Lipinski definition) is 0. The first-order chi connectivity index (χ1) is 8.33. The highest BCUT2D eigenvalue weighted by Gasteiger charge is 2.33. The van der Waals surface area contributed by atoms with Crippen molar-refractivity contribution >= 4 is 33.2 Å². The molecule has 0 unspecified atom stereocenters. The monoisotopic (exact) mass is 343 g/mol. The van der Waals surface area contributed by atoms with Crippen LogP contribution in [0.4, 0.5) is 13.2 Å². The summed E-state index contributed by atoms with van der Waals surface area (Å²) < 4.78 is 38.0. The number of nitrogens with zero attached hydrogens (tertiary/aromatic N) is 1. The highest BCUT2D eigenvalue weighted by atomic mass is 79.9. The zero-order valence-electron chi connectivity index (χ0n) is 9.76. The van der Waals surface area contributed by atoms with E-state index < -0.39 is 18.6 Å². The number of halogens is 4. The Morgan fingerprint density at radius 1 is 1.44 bits per heavy atom. The van der Waals surface area contributed by atoms with E-state index in [2.05, 4.69) is 15.9 Å². The van der Waals surface area contributed by atoms with Crippen LogP contribution in [0.2, 0.25) is 0 Å². The van der Waals surface area contributed by atoms with Gasteiger partial charge in [0.15, 0.2) is 0 Å². The fraction of sp³-hybridized carbons (Fsp3) is 0.545. The highest BCUT2D eigenvalue weighted by molar-refractivity contribution is 9.11. The molecule has 0 saturated heterocycles. The van der Waals surface area contributed by atoms with Crippen molar-refractivity contribution in [3.63, 3.8) is 0 Å². The number of amides is 1. The van der Waals surface area contributed by atoms with Gasteiger partial charge in [0.05, 0.1) is 8.66 Å². The number of unbranched alkanes of at least 4 members (excludes halogenated alkanes) is 1. The first kappa shape index (κ1) is 15.5. The molecule has 0 fully saturated rings. The van der Waals surface area contributed by atoms with Gasteiger partial charge in [0, 0.05) is 6.54 Å². The maximum Gasteiger partial charge on any atom is 0.406 e. The lowest BCUT2D eigenvalue weighted by Crippen LogP contribution is -2.39. The molecule has 0 bridgehead atoms. The van der Waals surface area contributed by atoms with Crippen molar-refractivity contribution in [3.05, 3.63) is 20.8 Å². The van der Waals surface area contributed by atoms with Gasteiger partial charge >= 0.3 is 6.18 Å². The summed E-state index contributed by atoms with van der Waals surface area (Å²) in [5, 5.41) is 0. The van der Waals surface area contributed by atoms with Gasteiger partial charge < -0.3 is 4.90 Å². The third-order valence-electron chi connectivity index (χ3n) is 2.22. The molecule has 1 aromatic rings. The van der Waals surface area contributed by atoms with Gasteiger partial charge in [-0.3, -0.25) is 4.79 Å². The van der Waals surface area contributed by atoms with E-state index >= 15 is 0 Å². The minimum atomic E-state index is -4.36. The number of thiophene rings is 1. The van der Waals surface area contributed by atoms with Crippen molar-refractivity contribution in [1.29, 1.82) is 0 Å². The average Bonchev–Trinajstić information content (AvgIpc) is 2.68. The maximum atomic E-state index is 12.4. The van der Waals surface area contributed by atoms with Crippen molar-refractivity contribution in [2.45, 2.75) is 25.9 Å². The predicted octanol–water partition coefficient (Wildman–Crippen LogP) is 4.32. The van der Waals surface area contributed by atoms with Gasteiger partial charge in [-0.2, -0.15) is 13.2 Å². The van der Waals surface area contributed by atoms with E-state index in [-0.39, 0.29) is 6.54 Å². The first-order valence-corrected chi connectivity index (χ1v) is 7.06. The summed E-state index contributed by atoms with van der Waals surface area (Å²) in [5.74, 6) is -0.559. The minimum absolute atomic E-state index is 0.129.